The van der Waals surface area contributed by atoms with E-state index in [-0.39, 0.29) is 11.9 Å². The van der Waals surface area contributed by atoms with E-state index in [0.29, 0.717) is 11.8 Å². The predicted molar refractivity (Wildman–Crippen MR) is 130 cm³/mol. The molecule has 2 aromatic carbocycles. The first-order chi connectivity index (χ1) is 15.0. The number of likely N-dealkylation sites (tertiary alicyclic amines) is 1. The molecule has 3 nitrogen and oxygen atoms in total. The first-order valence-electron chi connectivity index (χ1n) is 11.2. The summed E-state index contributed by atoms with van der Waals surface area (Å²) in [5.74, 6) is 0.984. The topological polar surface area (TPSA) is 23.6 Å². The van der Waals surface area contributed by atoms with Crippen molar-refractivity contribution < 1.29 is 4.79 Å². The summed E-state index contributed by atoms with van der Waals surface area (Å²) in [5.41, 5.74) is 3.45. The number of carbonyl (C=O) groups excluding carboxylic acids is 1. The van der Waals surface area contributed by atoms with Gasteiger partial charge < -0.3 is 4.90 Å². The van der Waals surface area contributed by atoms with Crippen LogP contribution in [0.5, 0.6) is 0 Å². The molecule has 1 aromatic heterocycles. The third kappa shape index (κ3) is 5.25. The average Bonchev–Trinajstić information content (AvgIpc) is 3.43. The molecule has 0 saturated carbocycles. The summed E-state index contributed by atoms with van der Waals surface area (Å²) in [6.07, 6.45) is 0. The highest BCUT2D eigenvalue weighted by Gasteiger charge is 2.36. The van der Waals surface area contributed by atoms with Gasteiger partial charge in [0.1, 0.15) is 0 Å². The molecule has 162 valence electrons. The third-order valence-corrected chi connectivity index (χ3v) is 7.18. The number of hydrogen-bond donors (Lipinski definition) is 0. The summed E-state index contributed by atoms with van der Waals surface area (Å²) in [5, 5.41) is 2.15. The van der Waals surface area contributed by atoms with Gasteiger partial charge in [-0.15, -0.1) is 11.3 Å². The van der Waals surface area contributed by atoms with E-state index in [0.717, 1.165) is 31.7 Å². The van der Waals surface area contributed by atoms with Crippen LogP contribution in [-0.4, -0.2) is 41.4 Å². The van der Waals surface area contributed by atoms with Crippen molar-refractivity contribution in [2.75, 3.05) is 19.6 Å². The molecule has 31 heavy (non-hydrogen) atoms. The summed E-state index contributed by atoms with van der Waals surface area (Å²) in [7, 11) is 0. The van der Waals surface area contributed by atoms with Crippen LogP contribution in [0.15, 0.2) is 72.1 Å². The highest BCUT2D eigenvalue weighted by atomic mass is 32.1. The Morgan fingerprint density at radius 1 is 1.03 bits per heavy atom. The van der Waals surface area contributed by atoms with Gasteiger partial charge in [0.15, 0.2) is 0 Å². The molecule has 0 bridgehead atoms. The van der Waals surface area contributed by atoms with Crippen molar-refractivity contribution in [3.8, 4) is 0 Å². The highest BCUT2D eigenvalue weighted by Crippen LogP contribution is 2.35. The van der Waals surface area contributed by atoms with Crippen molar-refractivity contribution in [3.63, 3.8) is 0 Å². The van der Waals surface area contributed by atoms with Crippen LogP contribution in [0.25, 0.3) is 0 Å². The van der Waals surface area contributed by atoms with Gasteiger partial charge in [0.25, 0.3) is 5.91 Å². The normalized spacial score (nSPS) is 19.1. The Balaban J connectivity index is 1.57. The fourth-order valence-corrected chi connectivity index (χ4v) is 5.36. The van der Waals surface area contributed by atoms with Crippen LogP contribution in [0.1, 0.15) is 46.1 Å². The Kier molecular flexibility index (Phi) is 6.89. The summed E-state index contributed by atoms with van der Waals surface area (Å²) in [4.78, 5) is 19.3. The van der Waals surface area contributed by atoms with Gasteiger partial charge in [-0.05, 0) is 55.8 Å². The SMILES string of the molecule is Cc1ccc([C@@H]2CN(Cc3cccs3)C[C@@H]2CN(C(=O)c2ccccc2)C(C)C)cc1. The Morgan fingerprint density at radius 2 is 1.77 bits per heavy atom. The summed E-state index contributed by atoms with van der Waals surface area (Å²) in [6.45, 7) is 10.2. The van der Waals surface area contributed by atoms with Crippen LogP contribution in [0.3, 0.4) is 0 Å². The van der Waals surface area contributed by atoms with Gasteiger partial charge >= 0.3 is 0 Å². The van der Waals surface area contributed by atoms with Gasteiger partial charge in [0.05, 0.1) is 0 Å². The molecule has 1 aliphatic rings. The lowest BCUT2D eigenvalue weighted by atomic mass is 9.88. The molecule has 3 aromatic rings. The number of carbonyl (C=O) groups is 1. The molecule has 2 atom stereocenters. The fraction of sp³-hybridized carbons (Fsp3) is 0.370. The number of aryl methyl sites for hydroxylation is 1. The van der Waals surface area contributed by atoms with E-state index in [1.807, 2.05) is 41.7 Å². The number of nitrogens with zero attached hydrogens (tertiary/aromatic N) is 2. The molecule has 2 heterocycles. The van der Waals surface area contributed by atoms with Crippen LogP contribution >= 0.6 is 11.3 Å². The van der Waals surface area contributed by atoms with Gasteiger partial charge in [-0.25, -0.2) is 0 Å². The van der Waals surface area contributed by atoms with Gasteiger partial charge in [0.2, 0.25) is 0 Å². The molecule has 1 fully saturated rings. The molecule has 0 N–H and O–H groups in total. The van der Waals surface area contributed by atoms with Crippen LogP contribution in [-0.2, 0) is 6.54 Å². The molecule has 1 aliphatic heterocycles. The van der Waals surface area contributed by atoms with Gasteiger partial charge in [-0.3, -0.25) is 9.69 Å². The van der Waals surface area contributed by atoms with Crippen molar-refractivity contribution in [3.05, 3.63) is 93.7 Å². The minimum Gasteiger partial charge on any atom is -0.336 e. The van der Waals surface area contributed by atoms with Crippen molar-refractivity contribution in [1.29, 1.82) is 0 Å². The van der Waals surface area contributed by atoms with Crippen LogP contribution in [0.2, 0.25) is 0 Å². The number of hydrogen-bond acceptors (Lipinski definition) is 3. The highest BCUT2D eigenvalue weighted by molar-refractivity contribution is 7.09. The minimum atomic E-state index is 0.134. The lowest BCUT2D eigenvalue weighted by Gasteiger charge is -2.32. The van der Waals surface area contributed by atoms with Crippen molar-refractivity contribution in [2.24, 2.45) is 5.92 Å². The van der Waals surface area contributed by atoms with E-state index in [1.165, 1.54) is 16.0 Å². The van der Waals surface area contributed by atoms with Crippen molar-refractivity contribution in [1.82, 2.24) is 9.80 Å². The molecule has 1 amide bonds. The number of rotatable bonds is 7. The minimum absolute atomic E-state index is 0.134. The maximum Gasteiger partial charge on any atom is 0.254 e. The Hall–Kier alpha value is -2.43. The van der Waals surface area contributed by atoms with E-state index in [1.54, 1.807) is 0 Å². The Bertz CT molecular complexity index is 966. The molecule has 0 unspecified atom stereocenters. The zero-order chi connectivity index (χ0) is 21.8. The molecule has 0 spiro atoms. The molecular formula is C27H32N2OS. The van der Waals surface area contributed by atoms with E-state index in [4.69, 9.17) is 0 Å². The maximum absolute atomic E-state index is 13.3. The Morgan fingerprint density at radius 3 is 2.42 bits per heavy atom. The van der Waals surface area contributed by atoms with Crippen LogP contribution in [0, 0.1) is 12.8 Å². The number of thiophene rings is 1. The molecule has 0 aliphatic carbocycles. The average molecular weight is 433 g/mol. The molecular weight excluding hydrogens is 400 g/mol. The summed E-state index contributed by atoms with van der Waals surface area (Å²) >= 11 is 1.82. The lowest BCUT2D eigenvalue weighted by Crippen LogP contribution is -2.42. The smallest absolute Gasteiger partial charge is 0.254 e. The Labute approximate surface area is 190 Å². The fourth-order valence-electron chi connectivity index (χ4n) is 4.62. The second-order valence-electron chi connectivity index (χ2n) is 8.97. The quantitative estimate of drug-likeness (QED) is 0.469. The van der Waals surface area contributed by atoms with E-state index in [2.05, 4.69) is 72.3 Å². The van der Waals surface area contributed by atoms with Gasteiger partial charge in [-0.2, -0.15) is 0 Å². The first-order valence-corrected chi connectivity index (χ1v) is 12.1. The van der Waals surface area contributed by atoms with Gasteiger partial charge in [0, 0.05) is 48.6 Å². The first kappa shape index (κ1) is 21.8. The van der Waals surface area contributed by atoms with Crippen molar-refractivity contribution >= 4 is 17.2 Å². The lowest BCUT2D eigenvalue weighted by molar-refractivity contribution is 0.0668. The van der Waals surface area contributed by atoms with Crippen LogP contribution in [0.4, 0.5) is 0 Å². The zero-order valence-electron chi connectivity index (χ0n) is 18.7. The van der Waals surface area contributed by atoms with E-state index in [9.17, 15) is 4.79 Å². The van der Waals surface area contributed by atoms with Gasteiger partial charge in [-0.1, -0.05) is 54.1 Å². The second kappa shape index (κ2) is 9.80. The monoisotopic (exact) mass is 432 g/mol. The summed E-state index contributed by atoms with van der Waals surface area (Å²) < 4.78 is 0. The third-order valence-electron chi connectivity index (χ3n) is 6.32. The molecule has 1 saturated heterocycles. The predicted octanol–water partition coefficient (Wildman–Crippen LogP) is 5.82. The molecule has 4 rings (SSSR count). The zero-order valence-corrected chi connectivity index (χ0v) is 19.5. The second-order valence-corrected chi connectivity index (χ2v) is 10.0. The number of amides is 1. The number of benzene rings is 2. The molecule has 0 radical (unpaired) electrons. The summed E-state index contributed by atoms with van der Waals surface area (Å²) in [6, 6.07) is 23.2. The molecule has 4 heteroatoms. The standard InChI is InChI=1S/C27H32N2OS/c1-20(2)29(27(30)23-8-5-4-6-9-23)17-24-16-28(18-25-10-7-15-31-25)19-26(24)22-13-11-21(3)12-14-22/h4-15,20,24,26H,16-19H2,1-3H3/t24-,26+/m1/s1. The van der Waals surface area contributed by atoms with E-state index < -0.39 is 0 Å². The maximum atomic E-state index is 13.3. The largest absolute Gasteiger partial charge is 0.336 e. The van der Waals surface area contributed by atoms with Crippen molar-refractivity contribution in [2.45, 2.75) is 39.3 Å². The van der Waals surface area contributed by atoms with Crippen LogP contribution < -0.4 is 0 Å². The van der Waals surface area contributed by atoms with E-state index >= 15 is 0 Å².